The molecule has 1 fully saturated rings. The molecular weight excluding hydrogens is 292 g/mol. The van der Waals surface area contributed by atoms with Gasteiger partial charge in [0.2, 0.25) is 0 Å². The molecule has 1 saturated heterocycles. The number of rotatable bonds is 5. The Balaban J connectivity index is 1.91. The van der Waals surface area contributed by atoms with Gasteiger partial charge in [-0.25, -0.2) is 0 Å². The summed E-state index contributed by atoms with van der Waals surface area (Å²) < 4.78 is 6.63. The normalized spacial score (nSPS) is 23.8. The van der Waals surface area contributed by atoms with Crippen LogP contribution >= 0.6 is 15.9 Å². The fraction of sp³-hybridized carbons (Fsp3) is 0.571. The van der Waals surface area contributed by atoms with Gasteiger partial charge in [-0.2, -0.15) is 0 Å². The minimum Gasteiger partial charge on any atom is -0.381 e. The first-order valence-electron chi connectivity index (χ1n) is 6.34. The minimum absolute atomic E-state index is 0.157. The Hall–Kier alpha value is -0.420. The molecule has 3 nitrogen and oxygen atoms in total. The first kappa shape index (κ1) is 14.0. The Morgan fingerprint density at radius 3 is 2.67 bits per heavy atom. The van der Waals surface area contributed by atoms with Gasteiger partial charge in [0.15, 0.2) is 0 Å². The molecule has 0 spiro atoms. The predicted octanol–water partition coefficient (Wildman–Crippen LogP) is 2.25. The lowest BCUT2D eigenvalue weighted by Crippen LogP contribution is -2.41. The Labute approximate surface area is 117 Å². The molecule has 4 heteroatoms. The van der Waals surface area contributed by atoms with Gasteiger partial charge in [-0.05, 0) is 31.2 Å². The van der Waals surface area contributed by atoms with Crippen LogP contribution in [0.25, 0.3) is 0 Å². The predicted molar refractivity (Wildman–Crippen MR) is 77.4 cm³/mol. The molecule has 1 aromatic rings. The number of benzene rings is 1. The Bertz CT molecular complexity index is 374. The molecule has 1 aliphatic rings. The van der Waals surface area contributed by atoms with Gasteiger partial charge < -0.3 is 15.4 Å². The second kappa shape index (κ2) is 6.15. The van der Waals surface area contributed by atoms with Crippen molar-refractivity contribution in [2.75, 3.05) is 33.4 Å². The topological polar surface area (TPSA) is 38.5 Å². The third-order valence-corrected chi connectivity index (χ3v) is 4.12. The highest BCUT2D eigenvalue weighted by atomic mass is 79.9. The van der Waals surface area contributed by atoms with Crippen LogP contribution in [0.15, 0.2) is 28.7 Å². The molecule has 1 aliphatic heterocycles. The van der Waals surface area contributed by atoms with Crippen molar-refractivity contribution in [1.82, 2.24) is 4.90 Å². The third kappa shape index (κ3) is 3.54. The van der Waals surface area contributed by atoms with E-state index in [1.165, 1.54) is 5.56 Å². The molecular formula is C14H21BrN2O. The lowest BCUT2D eigenvalue weighted by Gasteiger charge is -2.31. The van der Waals surface area contributed by atoms with E-state index >= 15 is 0 Å². The summed E-state index contributed by atoms with van der Waals surface area (Å²) in [4.78, 5) is 2.34. The summed E-state index contributed by atoms with van der Waals surface area (Å²) in [5, 5.41) is 0. The van der Waals surface area contributed by atoms with Crippen LogP contribution in [-0.2, 0) is 11.3 Å². The summed E-state index contributed by atoms with van der Waals surface area (Å²) in [6.45, 7) is 4.31. The molecule has 2 N–H and O–H groups in total. The van der Waals surface area contributed by atoms with E-state index in [9.17, 15) is 0 Å². The van der Waals surface area contributed by atoms with Gasteiger partial charge in [0.25, 0.3) is 0 Å². The first-order valence-corrected chi connectivity index (χ1v) is 7.14. The van der Waals surface area contributed by atoms with Crippen LogP contribution in [0.4, 0.5) is 0 Å². The smallest absolute Gasteiger partial charge is 0.0547 e. The van der Waals surface area contributed by atoms with Crippen LogP contribution in [0.1, 0.15) is 12.0 Å². The summed E-state index contributed by atoms with van der Waals surface area (Å²) >= 11 is 3.46. The highest BCUT2D eigenvalue weighted by molar-refractivity contribution is 9.10. The zero-order chi connectivity index (χ0) is 13.0. The molecule has 1 atom stereocenters. The fourth-order valence-electron chi connectivity index (χ4n) is 2.53. The molecule has 1 unspecified atom stereocenters. The van der Waals surface area contributed by atoms with Gasteiger partial charge in [-0.15, -0.1) is 0 Å². The summed E-state index contributed by atoms with van der Waals surface area (Å²) in [6, 6.07) is 8.48. The van der Waals surface area contributed by atoms with Crippen molar-refractivity contribution in [1.29, 1.82) is 0 Å². The molecule has 100 valence electrons. The van der Waals surface area contributed by atoms with Gasteiger partial charge in [0.05, 0.1) is 6.61 Å². The van der Waals surface area contributed by atoms with Crippen LogP contribution in [0, 0.1) is 5.41 Å². The number of nitrogens with zero attached hydrogens (tertiary/aromatic N) is 1. The van der Waals surface area contributed by atoms with E-state index in [4.69, 9.17) is 10.5 Å². The van der Waals surface area contributed by atoms with Crippen molar-refractivity contribution < 1.29 is 4.74 Å². The van der Waals surface area contributed by atoms with Crippen molar-refractivity contribution in [3.8, 4) is 0 Å². The molecule has 0 amide bonds. The van der Waals surface area contributed by atoms with Crippen molar-refractivity contribution in [2.24, 2.45) is 11.1 Å². The molecule has 0 aromatic heterocycles. The Kier molecular flexibility index (Phi) is 4.78. The average molecular weight is 313 g/mol. The Morgan fingerprint density at radius 2 is 2.11 bits per heavy atom. The lowest BCUT2D eigenvalue weighted by atomic mass is 9.87. The van der Waals surface area contributed by atoms with E-state index in [0.717, 1.165) is 37.2 Å². The van der Waals surface area contributed by atoms with Gasteiger partial charge in [-0.1, -0.05) is 28.1 Å². The standard InChI is InChI=1S/C14H21BrN2O/c1-17(8-12-2-4-13(15)5-3-12)10-14(9-16)6-7-18-11-14/h2-5H,6-11,16H2,1H3. The van der Waals surface area contributed by atoms with Crippen LogP contribution in [-0.4, -0.2) is 38.3 Å². The van der Waals surface area contributed by atoms with Crippen molar-refractivity contribution in [3.05, 3.63) is 34.3 Å². The quantitative estimate of drug-likeness (QED) is 0.906. The number of halogens is 1. The number of nitrogens with two attached hydrogens (primary N) is 1. The van der Waals surface area contributed by atoms with Crippen molar-refractivity contribution in [2.45, 2.75) is 13.0 Å². The van der Waals surface area contributed by atoms with E-state index in [-0.39, 0.29) is 5.41 Å². The summed E-state index contributed by atoms with van der Waals surface area (Å²) in [5.74, 6) is 0. The number of hydrogen-bond acceptors (Lipinski definition) is 3. The molecule has 18 heavy (non-hydrogen) atoms. The molecule has 0 radical (unpaired) electrons. The van der Waals surface area contributed by atoms with E-state index in [0.29, 0.717) is 6.54 Å². The van der Waals surface area contributed by atoms with Gasteiger partial charge >= 0.3 is 0 Å². The van der Waals surface area contributed by atoms with E-state index in [2.05, 4.69) is 52.1 Å². The van der Waals surface area contributed by atoms with Crippen LogP contribution in [0.5, 0.6) is 0 Å². The highest BCUT2D eigenvalue weighted by Crippen LogP contribution is 2.28. The maximum Gasteiger partial charge on any atom is 0.0547 e. The SMILES string of the molecule is CN(Cc1ccc(Br)cc1)CC1(CN)CCOC1. The molecule has 1 aromatic carbocycles. The molecule has 1 heterocycles. The summed E-state index contributed by atoms with van der Waals surface area (Å²) in [6.07, 6.45) is 1.08. The van der Waals surface area contributed by atoms with E-state index in [1.807, 2.05) is 0 Å². The van der Waals surface area contributed by atoms with E-state index < -0.39 is 0 Å². The monoisotopic (exact) mass is 312 g/mol. The lowest BCUT2D eigenvalue weighted by molar-refractivity contribution is 0.123. The van der Waals surface area contributed by atoms with Gasteiger partial charge in [0.1, 0.15) is 0 Å². The van der Waals surface area contributed by atoms with Gasteiger partial charge in [0, 0.05) is 36.1 Å². The zero-order valence-electron chi connectivity index (χ0n) is 10.9. The summed E-state index contributed by atoms with van der Waals surface area (Å²) in [5.41, 5.74) is 7.40. The Morgan fingerprint density at radius 1 is 1.39 bits per heavy atom. The minimum atomic E-state index is 0.157. The fourth-order valence-corrected chi connectivity index (χ4v) is 2.79. The summed E-state index contributed by atoms with van der Waals surface area (Å²) in [7, 11) is 2.15. The molecule has 0 bridgehead atoms. The average Bonchev–Trinajstić information content (AvgIpc) is 2.81. The maximum atomic E-state index is 5.92. The number of hydrogen-bond donors (Lipinski definition) is 1. The van der Waals surface area contributed by atoms with Crippen LogP contribution < -0.4 is 5.73 Å². The highest BCUT2D eigenvalue weighted by Gasteiger charge is 2.34. The maximum absolute atomic E-state index is 5.92. The van der Waals surface area contributed by atoms with Gasteiger partial charge in [-0.3, -0.25) is 0 Å². The number of ether oxygens (including phenoxy) is 1. The van der Waals surface area contributed by atoms with Crippen LogP contribution in [0.2, 0.25) is 0 Å². The van der Waals surface area contributed by atoms with E-state index in [1.54, 1.807) is 0 Å². The first-order chi connectivity index (χ1) is 8.63. The third-order valence-electron chi connectivity index (χ3n) is 3.59. The zero-order valence-corrected chi connectivity index (χ0v) is 12.4. The second-order valence-electron chi connectivity index (χ2n) is 5.31. The van der Waals surface area contributed by atoms with Crippen molar-refractivity contribution in [3.63, 3.8) is 0 Å². The molecule has 2 rings (SSSR count). The molecule has 0 aliphatic carbocycles. The van der Waals surface area contributed by atoms with Crippen LogP contribution in [0.3, 0.4) is 0 Å². The van der Waals surface area contributed by atoms with Crippen molar-refractivity contribution >= 4 is 15.9 Å². The second-order valence-corrected chi connectivity index (χ2v) is 6.22. The largest absolute Gasteiger partial charge is 0.381 e. The molecule has 0 saturated carbocycles.